The number of fused-ring (bicyclic) bond motifs is 2. The fraction of sp³-hybridized carbons (Fsp3) is 0.353. The van der Waals surface area contributed by atoms with Crippen molar-refractivity contribution in [3.05, 3.63) is 172 Å². The first-order valence-electron chi connectivity index (χ1n) is 29.5. The first-order chi connectivity index (χ1) is 42.2. The number of aliphatic hydroxyl groups is 1. The number of hydrogen-bond donors (Lipinski definition) is 4. The Morgan fingerprint density at radius 2 is 1.53 bits per heavy atom. The molecule has 5 atom stereocenters. The van der Waals surface area contributed by atoms with Gasteiger partial charge in [0.1, 0.15) is 35.0 Å². The van der Waals surface area contributed by atoms with Crippen molar-refractivity contribution in [3.8, 4) is 33.1 Å². The van der Waals surface area contributed by atoms with Gasteiger partial charge < -0.3 is 35.0 Å². The Morgan fingerprint density at radius 3 is 2.21 bits per heavy atom. The molecule has 0 bridgehead atoms. The van der Waals surface area contributed by atoms with Crippen LogP contribution in [-0.4, -0.2) is 97.6 Å². The Morgan fingerprint density at radius 1 is 0.809 bits per heavy atom. The number of aryl methyl sites for hydroxylation is 1. The van der Waals surface area contributed by atoms with Crippen LogP contribution in [0.2, 0.25) is 0 Å². The first kappa shape index (κ1) is 63.5. The summed E-state index contributed by atoms with van der Waals surface area (Å²) in [5.41, 5.74) is 7.44. The van der Waals surface area contributed by atoms with Crippen LogP contribution < -0.4 is 25.6 Å². The van der Waals surface area contributed by atoms with Crippen molar-refractivity contribution in [1.29, 1.82) is 0 Å². The molecule has 89 heavy (non-hydrogen) atoms. The number of alkyl halides is 3. The number of aromatic nitrogens is 3. The molecule has 0 radical (unpaired) electrons. The van der Waals surface area contributed by atoms with E-state index in [0.717, 1.165) is 43.0 Å². The number of rotatable bonds is 17. The minimum Gasteiger partial charge on any atom is -0.457 e. The molecular weight excluding hydrogens is 1180 g/mol. The molecule has 0 aliphatic carbocycles. The zero-order valence-electron chi connectivity index (χ0n) is 51.0. The summed E-state index contributed by atoms with van der Waals surface area (Å²) in [5, 5.41) is 19.9. The van der Waals surface area contributed by atoms with E-state index in [1.54, 1.807) is 78.2 Å². The normalized spacial score (nSPS) is 16.3. The molecule has 3 unspecified atom stereocenters. The Hall–Kier alpha value is -8.53. The molecule has 21 heteroatoms. The van der Waals surface area contributed by atoms with E-state index < -0.39 is 83.9 Å². The smallest absolute Gasteiger partial charge is 0.395 e. The van der Waals surface area contributed by atoms with Crippen LogP contribution in [0, 0.1) is 19.3 Å². The number of likely N-dealkylation sites (tertiary alicyclic amines) is 1. The zero-order chi connectivity index (χ0) is 63.7. The first-order valence-corrected chi connectivity index (χ1v) is 31.2. The van der Waals surface area contributed by atoms with E-state index in [1.165, 1.54) is 51.8 Å². The van der Waals surface area contributed by atoms with E-state index >= 15 is 0 Å². The van der Waals surface area contributed by atoms with Crippen LogP contribution in [0.15, 0.2) is 127 Å². The summed E-state index contributed by atoms with van der Waals surface area (Å²) in [7, 11) is 0. The van der Waals surface area contributed by atoms with Crippen LogP contribution in [0.1, 0.15) is 134 Å². The molecule has 8 aromatic rings. The lowest BCUT2D eigenvalue weighted by Gasteiger charge is -2.35. The molecule has 1 saturated heterocycles. The number of esters is 1. The lowest BCUT2D eigenvalue weighted by molar-refractivity contribution is -0.153. The van der Waals surface area contributed by atoms with Gasteiger partial charge in [-0.15, -0.1) is 11.3 Å². The fourth-order valence-corrected chi connectivity index (χ4v) is 13.0. The fourth-order valence-electron chi connectivity index (χ4n) is 11.4. The average Bonchev–Trinajstić information content (AvgIpc) is 1.66. The lowest BCUT2D eigenvalue weighted by Crippen LogP contribution is -2.57. The van der Waals surface area contributed by atoms with Crippen LogP contribution >= 0.6 is 22.7 Å². The number of ether oxygens (including phenoxy) is 2. The van der Waals surface area contributed by atoms with E-state index in [9.17, 15) is 42.3 Å². The second-order valence-electron chi connectivity index (χ2n) is 24.7. The van der Waals surface area contributed by atoms with Crippen molar-refractivity contribution < 1.29 is 51.7 Å². The number of carbonyl (C=O) groups is 5. The van der Waals surface area contributed by atoms with Crippen molar-refractivity contribution >= 4 is 73.4 Å². The quantitative estimate of drug-likeness (QED) is 0.0629. The van der Waals surface area contributed by atoms with E-state index in [4.69, 9.17) is 14.5 Å². The number of anilines is 2. The van der Waals surface area contributed by atoms with Gasteiger partial charge in [-0.2, -0.15) is 13.2 Å². The summed E-state index contributed by atoms with van der Waals surface area (Å²) in [6.45, 7) is 16.7. The SMILES string of the molecule is Cc1ncsc1-c1ccc(C(C)NC(=O)[C@@H]2C[C@@H](O)CN2C(=O)C(NC(=O)CCC(c2ccc(Oc3cccc(-c4ccc(N5CCc6cccc(C(=O)Nc7nc8ccccc8s7)c6C5)nc4C(=O)OC(C)(C)C)c3C)cc2)C(F)(F)F)C(C)(C)C)cc1. The third-order valence-electron chi connectivity index (χ3n) is 16.0. The van der Waals surface area contributed by atoms with Crippen LogP contribution in [0.4, 0.5) is 24.1 Å². The number of halogens is 3. The molecule has 10 rings (SSSR count). The summed E-state index contributed by atoms with van der Waals surface area (Å²) < 4.78 is 58.1. The highest BCUT2D eigenvalue weighted by Gasteiger charge is 2.46. The highest BCUT2D eigenvalue weighted by molar-refractivity contribution is 7.22. The van der Waals surface area contributed by atoms with Gasteiger partial charge in [0.2, 0.25) is 17.7 Å². The van der Waals surface area contributed by atoms with Gasteiger partial charge in [-0.05, 0) is 147 Å². The molecular formula is C68H71F3N8O8S2. The minimum atomic E-state index is -4.76. The topological polar surface area (TPSA) is 205 Å². The second kappa shape index (κ2) is 25.9. The maximum Gasteiger partial charge on any atom is 0.395 e. The van der Waals surface area contributed by atoms with Gasteiger partial charge in [0, 0.05) is 43.6 Å². The molecule has 3 aromatic heterocycles. The van der Waals surface area contributed by atoms with E-state index in [2.05, 4.69) is 25.9 Å². The Kier molecular flexibility index (Phi) is 18.5. The van der Waals surface area contributed by atoms with Crippen LogP contribution in [0.5, 0.6) is 11.5 Å². The van der Waals surface area contributed by atoms with Crippen molar-refractivity contribution in [1.82, 2.24) is 30.5 Å². The Labute approximate surface area is 522 Å². The van der Waals surface area contributed by atoms with Crippen LogP contribution in [0.3, 0.4) is 0 Å². The Bertz CT molecular complexity index is 3920. The van der Waals surface area contributed by atoms with Crippen LogP contribution in [-0.2, 0) is 32.1 Å². The molecule has 4 amide bonds. The van der Waals surface area contributed by atoms with Crippen molar-refractivity contribution in [2.45, 2.75) is 136 Å². The number of para-hydroxylation sites is 1. The van der Waals surface area contributed by atoms with E-state index in [-0.39, 0.29) is 35.9 Å². The van der Waals surface area contributed by atoms with Crippen molar-refractivity contribution in [3.63, 3.8) is 0 Å². The molecule has 5 aromatic carbocycles. The summed E-state index contributed by atoms with van der Waals surface area (Å²) in [5.74, 6) is -3.84. The lowest BCUT2D eigenvalue weighted by atomic mass is 9.85. The summed E-state index contributed by atoms with van der Waals surface area (Å²) in [6, 6.07) is 32.6. The number of thiazole rings is 2. The largest absolute Gasteiger partial charge is 0.457 e. The number of β-amino-alcohol motifs (C(OH)–C–C–N with tert-alkyl or cyclic N) is 1. The van der Waals surface area contributed by atoms with E-state index in [0.29, 0.717) is 58.5 Å². The molecule has 464 valence electrons. The number of hydrogen-bond acceptors (Lipinski definition) is 14. The number of benzene rings is 5. The zero-order valence-corrected chi connectivity index (χ0v) is 52.6. The third kappa shape index (κ3) is 14.6. The number of pyridine rings is 1. The number of amides is 4. The predicted octanol–water partition coefficient (Wildman–Crippen LogP) is 13.5. The van der Waals surface area contributed by atoms with Gasteiger partial charge in [-0.1, -0.05) is 105 Å². The summed E-state index contributed by atoms with van der Waals surface area (Å²) >= 11 is 2.92. The van der Waals surface area contributed by atoms with E-state index in [1.807, 2.05) is 91.5 Å². The van der Waals surface area contributed by atoms with Crippen LogP contribution in [0.25, 0.3) is 31.8 Å². The second-order valence-corrected chi connectivity index (χ2v) is 26.6. The maximum atomic E-state index is 15.0. The third-order valence-corrected chi connectivity index (χ3v) is 18.0. The van der Waals surface area contributed by atoms with Crippen molar-refractivity contribution in [2.24, 2.45) is 5.41 Å². The standard InChI is InChI=1S/C68H71F3N8O8S2/c1-38-47(48-28-30-56(75-58(48)64(85)87-67(7,8)9)78-33-32-42-14-12-16-49(50(42)36-78)61(82)77-65-74-52-17-10-11-19-55(52)89-65)15-13-18-54(38)86-46-26-24-43(25-27-46)51(68(69,70)71)29-31-57(81)76-60(66(4,5)6)63(84)79-35-45(80)34-53(79)62(83)73-39(2)41-20-22-44(23-21-41)59-40(3)72-37-88-59/h10-28,30,37,39,45,51,53,60,80H,29,31-36H2,1-9H3,(H,73,83)(H,76,81)(H,74,77,82)/t39?,45-,51?,53+,60?/m1/s1. The Balaban J connectivity index is 0.803. The highest BCUT2D eigenvalue weighted by Crippen LogP contribution is 2.41. The molecule has 4 N–H and O–H groups in total. The molecule has 1 fully saturated rings. The maximum absolute atomic E-state index is 15.0. The van der Waals surface area contributed by atoms with Gasteiger partial charge in [0.15, 0.2) is 10.8 Å². The summed E-state index contributed by atoms with van der Waals surface area (Å²) in [6.07, 6.45) is -6.43. The molecule has 2 aliphatic rings. The summed E-state index contributed by atoms with van der Waals surface area (Å²) in [4.78, 5) is 88.1. The number of aliphatic hydroxyl groups excluding tert-OH is 1. The monoisotopic (exact) mass is 1250 g/mol. The minimum absolute atomic E-state index is 0.0400. The predicted molar refractivity (Wildman–Crippen MR) is 339 cm³/mol. The number of nitrogens with one attached hydrogen (secondary N) is 3. The molecule has 0 spiro atoms. The molecule has 5 heterocycles. The average molecular weight is 1250 g/mol. The van der Waals surface area contributed by atoms with Gasteiger partial charge in [-0.3, -0.25) is 24.5 Å². The molecule has 2 aliphatic heterocycles. The highest BCUT2D eigenvalue weighted by atomic mass is 32.1. The van der Waals surface area contributed by atoms with Gasteiger partial charge >= 0.3 is 12.1 Å². The van der Waals surface area contributed by atoms with Gasteiger partial charge in [-0.25, -0.2) is 19.7 Å². The number of nitrogens with zero attached hydrogens (tertiary/aromatic N) is 5. The molecule has 16 nitrogen and oxygen atoms in total. The van der Waals surface area contributed by atoms with Gasteiger partial charge in [0.25, 0.3) is 5.91 Å². The van der Waals surface area contributed by atoms with Crippen molar-refractivity contribution in [2.75, 3.05) is 23.3 Å². The number of carbonyl (C=O) groups excluding carboxylic acids is 5. The van der Waals surface area contributed by atoms with Gasteiger partial charge in [0.05, 0.1) is 44.4 Å². The molecule has 0 saturated carbocycles.